The fourth-order valence-electron chi connectivity index (χ4n) is 4.37. The van der Waals surface area contributed by atoms with Crippen LogP contribution in [0.25, 0.3) is 0 Å². The average molecular weight is 442 g/mol. The quantitative estimate of drug-likeness (QED) is 0.223. The highest BCUT2D eigenvalue weighted by Crippen LogP contribution is 2.34. The summed E-state index contributed by atoms with van der Waals surface area (Å²) in [6, 6.07) is 20.8. The molecule has 2 unspecified atom stereocenters. The molecular weight excluding hydrogens is 402 g/mol. The molecule has 31 heavy (non-hydrogen) atoms. The van der Waals surface area contributed by atoms with Crippen molar-refractivity contribution in [3.05, 3.63) is 76.7 Å². The third-order valence-corrected chi connectivity index (χ3v) is 7.87. The van der Waals surface area contributed by atoms with E-state index in [4.69, 9.17) is 0 Å². The first-order valence-corrected chi connectivity index (χ1v) is 12.8. The Morgan fingerprint density at radius 1 is 0.839 bits per heavy atom. The Bertz CT molecular complexity index is 739. The van der Waals surface area contributed by atoms with Gasteiger partial charge in [-0.05, 0) is 54.7 Å². The number of hydrogen-bond acceptors (Lipinski definition) is 4. The van der Waals surface area contributed by atoms with Gasteiger partial charge in [0.15, 0.2) is 0 Å². The van der Waals surface area contributed by atoms with Crippen molar-refractivity contribution in [3.8, 4) is 0 Å². The summed E-state index contributed by atoms with van der Waals surface area (Å²) < 4.78 is 0. The molecule has 0 aliphatic carbocycles. The van der Waals surface area contributed by atoms with Crippen LogP contribution in [0.3, 0.4) is 0 Å². The molecule has 3 nitrogen and oxygen atoms in total. The molecule has 0 aromatic heterocycles. The van der Waals surface area contributed by atoms with Crippen molar-refractivity contribution in [3.63, 3.8) is 0 Å². The molecule has 0 aliphatic rings. The van der Waals surface area contributed by atoms with Crippen LogP contribution in [0, 0.1) is 4.91 Å². The van der Waals surface area contributed by atoms with Crippen LogP contribution < -0.4 is 0 Å². The second-order valence-corrected chi connectivity index (χ2v) is 10.1. The van der Waals surface area contributed by atoms with Crippen LogP contribution in [-0.2, 0) is 10.8 Å². The number of nitroso groups, excluding NO2 is 1. The van der Waals surface area contributed by atoms with Crippen molar-refractivity contribution in [1.82, 2.24) is 0 Å². The van der Waals surface area contributed by atoms with Crippen LogP contribution >= 0.6 is 11.8 Å². The predicted molar refractivity (Wildman–Crippen MR) is 135 cm³/mol. The van der Waals surface area contributed by atoms with E-state index in [1.807, 2.05) is 23.9 Å². The molecule has 2 atom stereocenters. The van der Waals surface area contributed by atoms with E-state index in [-0.39, 0.29) is 17.4 Å². The van der Waals surface area contributed by atoms with Gasteiger partial charge in [-0.2, -0.15) is 16.7 Å². The molecule has 0 radical (unpaired) electrons. The van der Waals surface area contributed by atoms with Gasteiger partial charge in [0.25, 0.3) is 0 Å². The molecule has 4 heteroatoms. The second kappa shape index (κ2) is 13.7. The molecular formula is C27H39NO2S. The van der Waals surface area contributed by atoms with Crippen LogP contribution in [0.1, 0.15) is 69.9 Å². The third-order valence-electron chi connectivity index (χ3n) is 6.71. The summed E-state index contributed by atoms with van der Waals surface area (Å²) in [5.41, 5.74) is 2.22. The highest BCUT2D eigenvalue weighted by molar-refractivity contribution is 7.99. The number of benzene rings is 2. The van der Waals surface area contributed by atoms with E-state index in [0.29, 0.717) is 6.54 Å². The molecule has 0 aliphatic heterocycles. The number of unbranched alkanes of at least 4 members (excludes halogenated alkanes) is 2. The van der Waals surface area contributed by atoms with Crippen LogP contribution in [0.2, 0.25) is 0 Å². The van der Waals surface area contributed by atoms with Crippen molar-refractivity contribution in [2.45, 2.75) is 69.6 Å². The van der Waals surface area contributed by atoms with Crippen molar-refractivity contribution >= 4 is 11.8 Å². The molecule has 1 N–H and O–H groups in total. The molecule has 0 saturated heterocycles. The average Bonchev–Trinajstić information content (AvgIpc) is 2.83. The van der Waals surface area contributed by atoms with Gasteiger partial charge >= 0.3 is 0 Å². The zero-order chi connectivity index (χ0) is 22.4. The maximum absolute atomic E-state index is 11.1. The van der Waals surface area contributed by atoms with E-state index in [1.165, 1.54) is 35.5 Å². The maximum Gasteiger partial charge on any atom is 0.0907 e. The molecule has 2 aromatic carbocycles. The normalized spacial score (nSPS) is 15.2. The van der Waals surface area contributed by atoms with Crippen LogP contribution in [-0.4, -0.2) is 29.8 Å². The fraction of sp³-hybridized carbons (Fsp3) is 0.556. The Morgan fingerprint density at radius 2 is 1.39 bits per heavy atom. The molecule has 0 fully saturated rings. The minimum atomic E-state index is -0.139. The van der Waals surface area contributed by atoms with Crippen LogP contribution in [0.4, 0.5) is 0 Å². The van der Waals surface area contributed by atoms with E-state index >= 15 is 0 Å². The minimum Gasteiger partial charge on any atom is -0.395 e. The largest absolute Gasteiger partial charge is 0.395 e. The first-order valence-electron chi connectivity index (χ1n) is 11.7. The Morgan fingerprint density at radius 3 is 1.90 bits per heavy atom. The number of thioether (sulfide) groups is 1. The van der Waals surface area contributed by atoms with E-state index in [9.17, 15) is 10.0 Å². The smallest absolute Gasteiger partial charge is 0.0907 e. The monoisotopic (exact) mass is 441 g/mol. The minimum absolute atomic E-state index is 0.111. The van der Waals surface area contributed by atoms with E-state index in [1.54, 1.807) is 0 Å². The standard InChI is InChI=1S/C27H39NO2S/c1-3-27(22-28-30,25-16-8-5-9-17-25)19-11-13-21-31-20-12-10-18-26(2,23-29)24-14-6-4-7-15-24/h4-9,14-17,29H,3,10-13,18-23H2,1-2H3. The summed E-state index contributed by atoms with van der Waals surface area (Å²) in [6.07, 6.45) is 7.61. The lowest BCUT2D eigenvalue weighted by Gasteiger charge is -2.31. The number of aliphatic hydroxyl groups is 1. The first kappa shape index (κ1) is 25.6. The summed E-state index contributed by atoms with van der Waals surface area (Å²) in [5.74, 6) is 2.34. The zero-order valence-electron chi connectivity index (χ0n) is 19.3. The Hall–Kier alpha value is -1.65. The lowest BCUT2D eigenvalue weighted by atomic mass is 9.74. The molecule has 0 spiro atoms. The highest BCUT2D eigenvalue weighted by atomic mass is 32.2. The predicted octanol–water partition coefficient (Wildman–Crippen LogP) is 7.12. The first-order chi connectivity index (χ1) is 15.1. The van der Waals surface area contributed by atoms with Crippen molar-refractivity contribution in [2.75, 3.05) is 24.7 Å². The van der Waals surface area contributed by atoms with Gasteiger partial charge in [-0.15, -0.1) is 0 Å². The maximum atomic E-state index is 11.1. The number of nitrogens with zero attached hydrogens (tertiary/aromatic N) is 1. The van der Waals surface area contributed by atoms with Gasteiger partial charge in [0.05, 0.1) is 13.2 Å². The molecule has 0 heterocycles. The molecule has 170 valence electrons. The van der Waals surface area contributed by atoms with Crippen LogP contribution in [0.5, 0.6) is 0 Å². The van der Waals surface area contributed by atoms with Gasteiger partial charge in [-0.25, -0.2) is 0 Å². The van der Waals surface area contributed by atoms with Gasteiger partial charge in [0.1, 0.15) is 0 Å². The summed E-state index contributed by atoms with van der Waals surface area (Å²) in [6.45, 7) is 4.89. The van der Waals surface area contributed by atoms with Gasteiger partial charge < -0.3 is 5.11 Å². The number of rotatable bonds is 16. The van der Waals surface area contributed by atoms with Gasteiger partial charge in [-0.3, -0.25) is 0 Å². The molecule has 0 bridgehead atoms. The Kier molecular flexibility index (Phi) is 11.3. The summed E-state index contributed by atoms with van der Waals surface area (Å²) >= 11 is 2.03. The topological polar surface area (TPSA) is 49.7 Å². The van der Waals surface area contributed by atoms with E-state index in [0.717, 1.165) is 32.1 Å². The lowest BCUT2D eigenvalue weighted by molar-refractivity contribution is 0.194. The molecule has 2 aromatic rings. The van der Waals surface area contributed by atoms with Gasteiger partial charge in [-0.1, -0.05) is 92.5 Å². The fourth-order valence-corrected chi connectivity index (χ4v) is 5.39. The SMILES string of the molecule is CCC(CCCCSCCCCC(C)(CO)c1ccccc1)(CN=O)c1ccccc1. The number of hydrogen-bond donors (Lipinski definition) is 1. The second-order valence-electron chi connectivity index (χ2n) is 8.90. The molecule has 0 amide bonds. The highest BCUT2D eigenvalue weighted by Gasteiger charge is 2.30. The Balaban J connectivity index is 1.66. The van der Waals surface area contributed by atoms with E-state index in [2.05, 4.69) is 67.6 Å². The van der Waals surface area contributed by atoms with Gasteiger partial charge in [0.2, 0.25) is 0 Å². The number of aliphatic hydroxyl groups excluding tert-OH is 1. The summed E-state index contributed by atoms with van der Waals surface area (Å²) in [7, 11) is 0. The molecule has 0 saturated carbocycles. The molecule has 2 rings (SSSR count). The zero-order valence-corrected chi connectivity index (χ0v) is 20.1. The van der Waals surface area contributed by atoms with Gasteiger partial charge in [0, 0.05) is 10.8 Å². The third kappa shape index (κ3) is 7.76. The Labute approximate surface area is 193 Å². The summed E-state index contributed by atoms with van der Waals surface area (Å²) in [4.78, 5) is 11.1. The van der Waals surface area contributed by atoms with Crippen molar-refractivity contribution in [1.29, 1.82) is 0 Å². The van der Waals surface area contributed by atoms with Crippen molar-refractivity contribution in [2.24, 2.45) is 5.18 Å². The van der Waals surface area contributed by atoms with E-state index < -0.39 is 0 Å². The van der Waals surface area contributed by atoms with Crippen LogP contribution in [0.15, 0.2) is 65.8 Å². The lowest BCUT2D eigenvalue weighted by Crippen LogP contribution is -2.29. The van der Waals surface area contributed by atoms with Crippen molar-refractivity contribution < 1.29 is 5.11 Å². The summed E-state index contributed by atoms with van der Waals surface area (Å²) in [5, 5.41) is 13.2.